The van der Waals surface area contributed by atoms with Crippen LogP contribution < -0.4 is 10.6 Å². The number of aromatic nitrogens is 1. The minimum absolute atomic E-state index is 0.0201. The van der Waals surface area contributed by atoms with Gasteiger partial charge in [-0.05, 0) is 17.2 Å². The second-order valence-corrected chi connectivity index (χ2v) is 6.42. The summed E-state index contributed by atoms with van der Waals surface area (Å²) in [5.41, 5.74) is 1.29. The number of hydrogen-bond acceptors (Lipinski definition) is 6. The van der Waals surface area contributed by atoms with Crippen LogP contribution in [0.25, 0.3) is 0 Å². The minimum Gasteiger partial charge on any atom is -0.480 e. The molecule has 2 amide bonds. The number of nitrogens with one attached hydrogen (secondary N) is 2. The highest BCUT2D eigenvalue weighted by Gasteiger charge is 2.26. The van der Waals surface area contributed by atoms with Crippen molar-refractivity contribution in [3.05, 3.63) is 64.9 Å². The molecule has 2 rings (SSSR count). The van der Waals surface area contributed by atoms with E-state index in [2.05, 4.69) is 15.6 Å². The standard InChI is InChI=1S/C19H20ClN3O6/c20-16-7-6-13(9-21-16)8-14(18(26)27)22-17(25)15(10-24)23-19(28)29-11-12-4-2-1-3-5-12/h1-7,9,14-15,24H,8,10-11H2,(H,22,25)(H,23,28)(H,26,27)/t14-,15-/m0/s1. The Labute approximate surface area is 171 Å². The summed E-state index contributed by atoms with van der Waals surface area (Å²) in [5.74, 6) is -2.14. The third-order valence-corrected chi connectivity index (χ3v) is 4.07. The van der Waals surface area contributed by atoms with Crippen LogP contribution in [0.15, 0.2) is 48.7 Å². The first-order valence-corrected chi connectivity index (χ1v) is 8.98. The lowest BCUT2D eigenvalue weighted by atomic mass is 10.1. The predicted molar refractivity (Wildman–Crippen MR) is 103 cm³/mol. The van der Waals surface area contributed by atoms with Gasteiger partial charge in [0, 0.05) is 12.6 Å². The molecule has 154 valence electrons. The van der Waals surface area contributed by atoms with Crippen molar-refractivity contribution in [1.82, 2.24) is 15.6 Å². The van der Waals surface area contributed by atoms with Gasteiger partial charge in [-0.1, -0.05) is 48.0 Å². The molecular formula is C19H20ClN3O6. The number of carbonyl (C=O) groups excluding carboxylic acids is 2. The monoisotopic (exact) mass is 421 g/mol. The number of amides is 2. The molecule has 0 aliphatic rings. The Morgan fingerprint density at radius 3 is 2.34 bits per heavy atom. The molecule has 1 heterocycles. The number of carboxylic acid groups (broad SMARTS) is 1. The van der Waals surface area contributed by atoms with Gasteiger partial charge in [0.25, 0.3) is 0 Å². The number of ether oxygens (including phenoxy) is 1. The van der Waals surface area contributed by atoms with Crippen molar-refractivity contribution in [1.29, 1.82) is 0 Å². The summed E-state index contributed by atoms with van der Waals surface area (Å²) in [4.78, 5) is 39.5. The van der Waals surface area contributed by atoms with E-state index in [0.29, 0.717) is 5.56 Å². The Balaban J connectivity index is 1.91. The average Bonchev–Trinajstić information content (AvgIpc) is 2.72. The van der Waals surface area contributed by atoms with Crippen molar-refractivity contribution >= 4 is 29.6 Å². The molecule has 2 aromatic rings. The van der Waals surface area contributed by atoms with E-state index in [4.69, 9.17) is 16.3 Å². The molecule has 0 fully saturated rings. The van der Waals surface area contributed by atoms with E-state index in [0.717, 1.165) is 5.56 Å². The van der Waals surface area contributed by atoms with Crippen LogP contribution in [-0.2, 0) is 27.4 Å². The number of halogens is 1. The number of aliphatic hydroxyl groups is 1. The average molecular weight is 422 g/mol. The summed E-state index contributed by atoms with van der Waals surface area (Å²) in [6.07, 6.45) is 0.423. The molecule has 10 heteroatoms. The summed E-state index contributed by atoms with van der Waals surface area (Å²) in [6, 6.07) is 9.31. The highest BCUT2D eigenvalue weighted by molar-refractivity contribution is 6.29. The number of carbonyl (C=O) groups is 3. The fourth-order valence-electron chi connectivity index (χ4n) is 2.34. The predicted octanol–water partition coefficient (Wildman–Crippen LogP) is 1.13. The Bertz CT molecular complexity index is 832. The van der Waals surface area contributed by atoms with Crippen LogP contribution in [0.2, 0.25) is 5.15 Å². The summed E-state index contributed by atoms with van der Waals surface area (Å²) >= 11 is 5.69. The van der Waals surface area contributed by atoms with Crippen molar-refractivity contribution in [2.24, 2.45) is 0 Å². The van der Waals surface area contributed by atoms with Gasteiger partial charge in [-0.25, -0.2) is 14.6 Å². The highest BCUT2D eigenvalue weighted by Crippen LogP contribution is 2.08. The number of carboxylic acids is 1. The highest BCUT2D eigenvalue weighted by atomic mass is 35.5. The molecule has 9 nitrogen and oxygen atoms in total. The SMILES string of the molecule is O=C(N[C@@H](CO)C(=O)N[C@@H](Cc1ccc(Cl)nc1)C(=O)O)OCc1ccccc1. The number of aliphatic carboxylic acids is 1. The van der Waals surface area contributed by atoms with Gasteiger partial charge in [0.05, 0.1) is 6.61 Å². The maximum absolute atomic E-state index is 12.3. The van der Waals surface area contributed by atoms with Crippen molar-refractivity contribution in [2.45, 2.75) is 25.1 Å². The zero-order valence-corrected chi connectivity index (χ0v) is 16.0. The summed E-state index contributed by atoms with van der Waals surface area (Å²) in [6.45, 7) is -0.755. The summed E-state index contributed by atoms with van der Waals surface area (Å²) in [7, 11) is 0. The largest absolute Gasteiger partial charge is 0.480 e. The van der Waals surface area contributed by atoms with E-state index in [1.807, 2.05) is 6.07 Å². The van der Waals surface area contributed by atoms with Gasteiger partial charge in [0.1, 0.15) is 23.8 Å². The molecule has 0 saturated heterocycles. The van der Waals surface area contributed by atoms with Gasteiger partial charge in [-0.3, -0.25) is 4.79 Å². The van der Waals surface area contributed by atoms with Crippen molar-refractivity contribution in [2.75, 3.05) is 6.61 Å². The van der Waals surface area contributed by atoms with Crippen LogP contribution >= 0.6 is 11.6 Å². The van der Waals surface area contributed by atoms with Gasteiger partial charge in [-0.2, -0.15) is 0 Å². The fraction of sp³-hybridized carbons (Fsp3) is 0.263. The maximum atomic E-state index is 12.3. The van der Waals surface area contributed by atoms with Crippen molar-refractivity contribution in [3.8, 4) is 0 Å². The van der Waals surface area contributed by atoms with Gasteiger partial charge in [-0.15, -0.1) is 0 Å². The van der Waals surface area contributed by atoms with Gasteiger partial charge in [0.15, 0.2) is 0 Å². The molecule has 1 aromatic heterocycles. The summed E-state index contributed by atoms with van der Waals surface area (Å²) < 4.78 is 4.99. The van der Waals surface area contributed by atoms with Crippen LogP contribution in [0, 0.1) is 0 Å². The number of aliphatic hydroxyl groups excluding tert-OH is 1. The second kappa shape index (κ2) is 11.0. The Morgan fingerprint density at radius 1 is 1.03 bits per heavy atom. The minimum atomic E-state index is -1.37. The molecule has 2 atom stereocenters. The lowest BCUT2D eigenvalue weighted by Crippen LogP contribution is -2.53. The molecule has 0 radical (unpaired) electrons. The van der Waals surface area contributed by atoms with Gasteiger partial charge in [0.2, 0.25) is 5.91 Å². The molecule has 29 heavy (non-hydrogen) atoms. The number of nitrogens with zero attached hydrogens (tertiary/aromatic N) is 1. The van der Waals surface area contributed by atoms with Crippen LogP contribution in [0.1, 0.15) is 11.1 Å². The third kappa shape index (κ3) is 7.40. The third-order valence-electron chi connectivity index (χ3n) is 3.85. The molecular weight excluding hydrogens is 402 g/mol. The molecule has 1 aromatic carbocycles. The van der Waals surface area contributed by atoms with Crippen molar-refractivity contribution < 1.29 is 29.3 Å². The van der Waals surface area contributed by atoms with Gasteiger partial charge >= 0.3 is 12.1 Å². The Hall–Kier alpha value is -3.17. The lowest BCUT2D eigenvalue weighted by molar-refractivity contribution is -0.142. The molecule has 0 spiro atoms. The Kier molecular flexibility index (Phi) is 8.38. The lowest BCUT2D eigenvalue weighted by Gasteiger charge is -2.20. The van der Waals surface area contributed by atoms with E-state index in [-0.39, 0.29) is 18.2 Å². The zero-order valence-electron chi connectivity index (χ0n) is 15.2. The quantitative estimate of drug-likeness (QED) is 0.445. The molecule has 4 N–H and O–H groups in total. The van der Waals surface area contributed by atoms with Crippen LogP contribution in [-0.4, -0.2) is 51.9 Å². The van der Waals surface area contributed by atoms with Crippen molar-refractivity contribution in [3.63, 3.8) is 0 Å². The van der Waals surface area contributed by atoms with E-state index < -0.39 is 36.7 Å². The Morgan fingerprint density at radius 2 is 1.76 bits per heavy atom. The number of hydrogen-bond donors (Lipinski definition) is 4. The molecule has 0 unspecified atom stereocenters. The number of benzene rings is 1. The molecule has 0 saturated carbocycles. The summed E-state index contributed by atoms with van der Waals surface area (Å²) in [5, 5.41) is 23.5. The molecule has 0 aliphatic carbocycles. The normalized spacial score (nSPS) is 12.5. The topological polar surface area (TPSA) is 138 Å². The molecule has 0 aliphatic heterocycles. The molecule has 0 bridgehead atoms. The first-order valence-electron chi connectivity index (χ1n) is 8.60. The fourth-order valence-corrected chi connectivity index (χ4v) is 2.45. The van der Waals surface area contributed by atoms with Gasteiger partial charge < -0.3 is 25.6 Å². The zero-order chi connectivity index (χ0) is 21.2. The first-order chi connectivity index (χ1) is 13.9. The van der Waals surface area contributed by atoms with E-state index >= 15 is 0 Å². The van der Waals surface area contributed by atoms with E-state index in [9.17, 15) is 24.6 Å². The number of rotatable bonds is 9. The smallest absolute Gasteiger partial charge is 0.408 e. The number of alkyl carbamates (subject to hydrolysis) is 1. The first kappa shape index (κ1) is 22.1. The van der Waals surface area contributed by atoms with E-state index in [1.54, 1.807) is 30.3 Å². The van der Waals surface area contributed by atoms with Crippen LogP contribution in [0.5, 0.6) is 0 Å². The van der Waals surface area contributed by atoms with Crippen LogP contribution in [0.4, 0.5) is 4.79 Å². The maximum Gasteiger partial charge on any atom is 0.408 e. The van der Waals surface area contributed by atoms with E-state index in [1.165, 1.54) is 12.3 Å². The second-order valence-electron chi connectivity index (χ2n) is 6.03. The van der Waals surface area contributed by atoms with Crippen LogP contribution in [0.3, 0.4) is 0 Å². The number of pyridine rings is 1.